The van der Waals surface area contributed by atoms with E-state index in [9.17, 15) is 9.90 Å². The summed E-state index contributed by atoms with van der Waals surface area (Å²) < 4.78 is 5.72. The van der Waals surface area contributed by atoms with Crippen molar-refractivity contribution in [3.05, 3.63) is 32.8 Å². The van der Waals surface area contributed by atoms with Gasteiger partial charge in [-0.15, -0.1) is 0 Å². The van der Waals surface area contributed by atoms with Crippen LogP contribution in [0.4, 0.5) is 0 Å². The molecule has 1 aromatic rings. The summed E-state index contributed by atoms with van der Waals surface area (Å²) in [5.41, 5.74) is 1.44. The van der Waals surface area contributed by atoms with Crippen LogP contribution in [0.25, 0.3) is 0 Å². The molecule has 1 unspecified atom stereocenters. The highest BCUT2D eigenvalue weighted by atomic mass is 79.9. The zero-order valence-corrected chi connectivity index (χ0v) is 13.9. The standard InChI is InChI=1S/C15H18BrClO3/c1-15(14(19)20-2)4-3-9(7-15)11-5-10(17)6-13(16)12(11)8-18/h5-6,9,18H,3-4,7-8H2,1-2H3/t9?,15-/m0/s1. The monoisotopic (exact) mass is 360 g/mol. The van der Waals surface area contributed by atoms with Gasteiger partial charge in [0.15, 0.2) is 0 Å². The summed E-state index contributed by atoms with van der Waals surface area (Å²) in [5, 5.41) is 10.2. The maximum atomic E-state index is 11.9. The lowest BCUT2D eigenvalue weighted by molar-refractivity contribution is -0.151. The second-order valence-electron chi connectivity index (χ2n) is 5.61. The number of methoxy groups -OCH3 is 1. The first-order valence-corrected chi connectivity index (χ1v) is 7.75. The number of hydrogen-bond acceptors (Lipinski definition) is 3. The number of esters is 1. The van der Waals surface area contributed by atoms with Gasteiger partial charge in [0.05, 0.1) is 19.1 Å². The summed E-state index contributed by atoms with van der Waals surface area (Å²) in [6.07, 6.45) is 2.41. The van der Waals surface area contributed by atoms with E-state index < -0.39 is 5.41 Å². The maximum absolute atomic E-state index is 11.9. The van der Waals surface area contributed by atoms with Crippen LogP contribution in [0.5, 0.6) is 0 Å². The Hall–Kier alpha value is -0.580. The van der Waals surface area contributed by atoms with E-state index in [-0.39, 0.29) is 18.5 Å². The Morgan fingerprint density at radius 3 is 2.90 bits per heavy atom. The van der Waals surface area contributed by atoms with Crippen LogP contribution in [0.15, 0.2) is 16.6 Å². The number of aliphatic hydroxyl groups excluding tert-OH is 1. The first kappa shape index (κ1) is 15.8. The lowest BCUT2D eigenvalue weighted by Gasteiger charge is -2.22. The van der Waals surface area contributed by atoms with E-state index in [4.69, 9.17) is 16.3 Å². The van der Waals surface area contributed by atoms with Crippen LogP contribution in [0.2, 0.25) is 5.02 Å². The lowest BCUT2D eigenvalue weighted by atomic mass is 9.85. The van der Waals surface area contributed by atoms with Gasteiger partial charge in [-0.2, -0.15) is 0 Å². The molecule has 1 aliphatic rings. The van der Waals surface area contributed by atoms with Gasteiger partial charge in [0.25, 0.3) is 0 Å². The highest BCUT2D eigenvalue weighted by Crippen LogP contribution is 2.48. The van der Waals surface area contributed by atoms with E-state index in [0.29, 0.717) is 5.02 Å². The Labute approximate surface area is 132 Å². The van der Waals surface area contributed by atoms with Crippen LogP contribution >= 0.6 is 27.5 Å². The molecule has 0 amide bonds. The molecule has 1 aliphatic carbocycles. The molecule has 1 fully saturated rings. The van der Waals surface area contributed by atoms with Crippen molar-refractivity contribution in [2.24, 2.45) is 5.41 Å². The van der Waals surface area contributed by atoms with E-state index in [0.717, 1.165) is 34.9 Å². The Morgan fingerprint density at radius 2 is 2.30 bits per heavy atom. The van der Waals surface area contributed by atoms with Gasteiger partial charge in [-0.3, -0.25) is 4.79 Å². The third-order valence-corrected chi connectivity index (χ3v) is 5.14. The molecule has 20 heavy (non-hydrogen) atoms. The van der Waals surface area contributed by atoms with Crippen molar-refractivity contribution in [2.45, 2.75) is 38.7 Å². The summed E-state index contributed by atoms with van der Waals surface area (Å²) >= 11 is 9.56. The third kappa shape index (κ3) is 2.87. The summed E-state index contributed by atoms with van der Waals surface area (Å²) in [4.78, 5) is 11.9. The van der Waals surface area contributed by atoms with Crippen molar-refractivity contribution in [1.82, 2.24) is 0 Å². The molecular weight excluding hydrogens is 344 g/mol. The molecule has 2 rings (SSSR count). The van der Waals surface area contributed by atoms with E-state index in [2.05, 4.69) is 15.9 Å². The predicted molar refractivity (Wildman–Crippen MR) is 81.8 cm³/mol. The molecule has 1 N–H and O–H groups in total. The number of aliphatic hydroxyl groups is 1. The molecule has 1 aromatic carbocycles. The third-order valence-electron chi connectivity index (χ3n) is 4.21. The van der Waals surface area contributed by atoms with Gasteiger partial charge in [0, 0.05) is 9.50 Å². The molecule has 1 saturated carbocycles. The fourth-order valence-corrected chi connectivity index (χ4v) is 4.05. The van der Waals surface area contributed by atoms with Crippen molar-refractivity contribution in [3.63, 3.8) is 0 Å². The van der Waals surface area contributed by atoms with E-state index >= 15 is 0 Å². The Morgan fingerprint density at radius 1 is 1.60 bits per heavy atom. The van der Waals surface area contributed by atoms with Gasteiger partial charge in [0.1, 0.15) is 0 Å². The van der Waals surface area contributed by atoms with E-state index in [1.54, 1.807) is 6.07 Å². The highest BCUT2D eigenvalue weighted by Gasteiger charge is 2.43. The van der Waals surface area contributed by atoms with Gasteiger partial charge in [-0.1, -0.05) is 27.5 Å². The number of rotatable bonds is 3. The quantitative estimate of drug-likeness (QED) is 0.826. The average Bonchev–Trinajstić information content (AvgIpc) is 2.81. The number of ether oxygens (including phenoxy) is 1. The van der Waals surface area contributed by atoms with Gasteiger partial charge in [0.2, 0.25) is 0 Å². The number of halogens is 2. The topological polar surface area (TPSA) is 46.5 Å². The molecule has 0 aliphatic heterocycles. The van der Waals surface area contributed by atoms with E-state index in [1.807, 2.05) is 13.0 Å². The van der Waals surface area contributed by atoms with Crippen molar-refractivity contribution in [3.8, 4) is 0 Å². The van der Waals surface area contributed by atoms with Crippen molar-refractivity contribution in [1.29, 1.82) is 0 Å². The Kier molecular flexibility index (Phi) is 4.77. The number of carbonyl (C=O) groups is 1. The van der Waals surface area contributed by atoms with Gasteiger partial charge < -0.3 is 9.84 Å². The molecular formula is C15H18BrClO3. The molecule has 2 atom stereocenters. The largest absolute Gasteiger partial charge is 0.469 e. The second kappa shape index (κ2) is 6.04. The molecule has 0 aromatic heterocycles. The minimum absolute atomic E-state index is 0.0431. The van der Waals surface area contributed by atoms with Crippen LogP contribution < -0.4 is 0 Å². The summed E-state index contributed by atoms with van der Waals surface area (Å²) in [5.74, 6) is 0.0582. The fourth-order valence-electron chi connectivity index (χ4n) is 3.09. The maximum Gasteiger partial charge on any atom is 0.311 e. The average molecular weight is 362 g/mol. The summed E-state index contributed by atoms with van der Waals surface area (Å²) in [6, 6.07) is 3.68. The molecule has 3 nitrogen and oxygen atoms in total. The summed E-state index contributed by atoms with van der Waals surface area (Å²) in [7, 11) is 1.43. The normalized spacial score (nSPS) is 25.8. The Balaban J connectivity index is 2.33. The van der Waals surface area contributed by atoms with Crippen LogP contribution in [-0.2, 0) is 16.1 Å². The highest BCUT2D eigenvalue weighted by molar-refractivity contribution is 9.10. The number of hydrogen-bond donors (Lipinski definition) is 1. The molecule has 0 bridgehead atoms. The van der Waals surface area contributed by atoms with E-state index in [1.165, 1.54) is 7.11 Å². The minimum atomic E-state index is -0.444. The minimum Gasteiger partial charge on any atom is -0.469 e. The van der Waals surface area contributed by atoms with Crippen LogP contribution in [0.1, 0.15) is 43.2 Å². The molecule has 0 spiro atoms. The van der Waals surface area contributed by atoms with Crippen molar-refractivity contribution < 1.29 is 14.6 Å². The Bertz CT molecular complexity index is 532. The summed E-state index contributed by atoms with van der Waals surface area (Å²) in [6.45, 7) is 1.90. The van der Waals surface area contributed by atoms with Crippen LogP contribution in [0.3, 0.4) is 0 Å². The molecule has 0 radical (unpaired) electrons. The number of benzene rings is 1. The van der Waals surface area contributed by atoms with Gasteiger partial charge >= 0.3 is 5.97 Å². The van der Waals surface area contributed by atoms with Crippen LogP contribution in [0, 0.1) is 5.41 Å². The second-order valence-corrected chi connectivity index (χ2v) is 6.90. The molecule has 110 valence electrons. The van der Waals surface area contributed by atoms with Crippen molar-refractivity contribution in [2.75, 3.05) is 7.11 Å². The lowest BCUT2D eigenvalue weighted by Crippen LogP contribution is -2.26. The number of carbonyl (C=O) groups excluding carboxylic acids is 1. The van der Waals surface area contributed by atoms with Crippen LogP contribution in [-0.4, -0.2) is 18.2 Å². The fraction of sp³-hybridized carbons (Fsp3) is 0.533. The zero-order chi connectivity index (χ0) is 14.9. The van der Waals surface area contributed by atoms with Crippen molar-refractivity contribution >= 4 is 33.5 Å². The zero-order valence-electron chi connectivity index (χ0n) is 11.6. The van der Waals surface area contributed by atoms with Gasteiger partial charge in [-0.05, 0) is 55.4 Å². The molecule has 0 saturated heterocycles. The molecule has 5 heteroatoms. The first-order chi connectivity index (χ1) is 9.41. The smallest absolute Gasteiger partial charge is 0.311 e. The van der Waals surface area contributed by atoms with Gasteiger partial charge in [-0.25, -0.2) is 0 Å². The SMILES string of the molecule is COC(=O)[C@@]1(C)CCC(c2cc(Cl)cc(Br)c2CO)C1. The predicted octanol–water partition coefficient (Wildman–Crippen LogP) is 4.04. The molecule has 0 heterocycles. The first-order valence-electron chi connectivity index (χ1n) is 6.58.